The lowest BCUT2D eigenvalue weighted by Crippen LogP contribution is -2.54. The van der Waals surface area contributed by atoms with Crippen LogP contribution in [0.5, 0.6) is 0 Å². The highest BCUT2D eigenvalue weighted by molar-refractivity contribution is 7.92. The first-order chi connectivity index (χ1) is 17.4. The minimum Gasteiger partial charge on any atom is -0.350 e. The van der Waals surface area contributed by atoms with Gasteiger partial charge < -0.3 is 10.2 Å². The van der Waals surface area contributed by atoms with Crippen LogP contribution in [-0.4, -0.2) is 43.3 Å². The number of hydrogen-bond acceptors (Lipinski definition) is 4. The molecule has 0 aliphatic rings. The average Bonchev–Trinajstić information content (AvgIpc) is 2.86. The Bertz CT molecular complexity index is 1310. The quantitative estimate of drug-likeness (QED) is 0.419. The van der Waals surface area contributed by atoms with Gasteiger partial charge in [-0.15, -0.1) is 0 Å². The number of anilines is 1. The van der Waals surface area contributed by atoms with Crippen molar-refractivity contribution < 1.29 is 18.0 Å². The third kappa shape index (κ3) is 7.57. The highest BCUT2D eigenvalue weighted by atomic mass is 35.5. The molecule has 2 amide bonds. The summed E-state index contributed by atoms with van der Waals surface area (Å²) < 4.78 is 28.4. The predicted octanol–water partition coefficient (Wildman–Crippen LogP) is 4.87. The molecule has 0 unspecified atom stereocenters. The SMILES string of the molecule is C[C@H](C(=O)NC(C)(C)C)N(Cc1ccc(Cl)cc1)C(=O)CN(c1ccccc1)S(=O)(=O)c1ccccc1. The summed E-state index contributed by atoms with van der Waals surface area (Å²) in [5.41, 5.74) is 0.593. The fraction of sp³-hybridized carbons (Fsp3) is 0.286. The zero-order chi connectivity index (χ0) is 27.2. The summed E-state index contributed by atoms with van der Waals surface area (Å²) in [4.78, 5) is 28.3. The standard InChI is InChI=1S/C28H32ClN3O4S/c1-21(27(34)30-28(2,3)4)31(19-22-15-17-23(29)18-16-22)26(33)20-32(24-11-7-5-8-12-24)37(35,36)25-13-9-6-10-14-25/h5-18,21H,19-20H2,1-4H3,(H,30,34)/t21-/m1/s1. The van der Waals surface area contributed by atoms with Gasteiger partial charge in [0.1, 0.15) is 12.6 Å². The van der Waals surface area contributed by atoms with E-state index >= 15 is 0 Å². The molecule has 3 aromatic rings. The lowest BCUT2D eigenvalue weighted by molar-refractivity contribution is -0.140. The van der Waals surface area contributed by atoms with Crippen molar-refractivity contribution in [2.75, 3.05) is 10.8 Å². The van der Waals surface area contributed by atoms with E-state index in [1.54, 1.807) is 79.7 Å². The van der Waals surface area contributed by atoms with E-state index in [1.165, 1.54) is 17.0 Å². The Morgan fingerprint density at radius 2 is 1.43 bits per heavy atom. The molecule has 0 fully saturated rings. The molecule has 7 nitrogen and oxygen atoms in total. The van der Waals surface area contributed by atoms with Crippen LogP contribution in [0.1, 0.15) is 33.3 Å². The van der Waals surface area contributed by atoms with Gasteiger partial charge in [0, 0.05) is 17.1 Å². The van der Waals surface area contributed by atoms with E-state index in [4.69, 9.17) is 11.6 Å². The van der Waals surface area contributed by atoms with E-state index in [-0.39, 0.29) is 17.3 Å². The first kappa shape index (κ1) is 28.2. The molecule has 1 N–H and O–H groups in total. The lowest BCUT2D eigenvalue weighted by Gasteiger charge is -2.33. The highest BCUT2D eigenvalue weighted by Crippen LogP contribution is 2.24. The summed E-state index contributed by atoms with van der Waals surface area (Å²) in [6, 6.07) is 22.5. The Hall–Kier alpha value is -3.36. The molecule has 0 aliphatic heterocycles. The molecule has 9 heteroatoms. The van der Waals surface area contributed by atoms with Crippen molar-refractivity contribution in [3.05, 3.63) is 95.5 Å². The van der Waals surface area contributed by atoms with Gasteiger partial charge in [-0.05, 0) is 69.7 Å². The minimum absolute atomic E-state index is 0.0643. The van der Waals surface area contributed by atoms with E-state index in [1.807, 2.05) is 20.8 Å². The zero-order valence-corrected chi connectivity index (χ0v) is 23.0. The van der Waals surface area contributed by atoms with E-state index in [0.29, 0.717) is 10.7 Å². The molecule has 0 radical (unpaired) electrons. The first-order valence-electron chi connectivity index (χ1n) is 11.9. The van der Waals surface area contributed by atoms with Crippen molar-refractivity contribution in [3.63, 3.8) is 0 Å². The second-order valence-electron chi connectivity index (χ2n) is 9.72. The Morgan fingerprint density at radius 3 is 1.97 bits per heavy atom. The number of amides is 2. The van der Waals surface area contributed by atoms with Crippen molar-refractivity contribution >= 4 is 39.1 Å². The van der Waals surface area contributed by atoms with Gasteiger partial charge in [-0.1, -0.05) is 60.1 Å². The summed E-state index contributed by atoms with van der Waals surface area (Å²) in [5, 5.41) is 3.45. The topological polar surface area (TPSA) is 86.8 Å². The molecular weight excluding hydrogens is 510 g/mol. The maximum Gasteiger partial charge on any atom is 0.264 e. The van der Waals surface area contributed by atoms with Gasteiger partial charge in [0.25, 0.3) is 10.0 Å². The number of carbonyl (C=O) groups is 2. The van der Waals surface area contributed by atoms with Crippen molar-refractivity contribution in [1.82, 2.24) is 10.2 Å². The number of hydrogen-bond donors (Lipinski definition) is 1. The number of rotatable bonds is 9. The second kappa shape index (κ2) is 11.8. The molecule has 1 atom stereocenters. The molecule has 3 rings (SSSR count). The number of sulfonamides is 1. The molecule has 196 valence electrons. The van der Waals surface area contributed by atoms with Gasteiger partial charge >= 0.3 is 0 Å². The second-order valence-corrected chi connectivity index (χ2v) is 12.0. The molecule has 3 aromatic carbocycles. The third-order valence-electron chi connectivity index (χ3n) is 5.59. The molecule has 0 spiro atoms. The van der Waals surface area contributed by atoms with Crippen molar-refractivity contribution in [2.45, 2.75) is 50.7 Å². The van der Waals surface area contributed by atoms with Gasteiger partial charge in [0.2, 0.25) is 11.8 Å². The summed E-state index contributed by atoms with van der Waals surface area (Å²) >= 11 is 6.02. The molecular formula is C28H32ClN3O4S. The number of para-hydroxylation sites is 1. The number of nitrogens with zero attached hydrogens (tertiary/aromatic N) is 2. The molecule has 0 saturated carbocycles. The van der Waals surface area contributed by atoms with Crippen LogP contribution in [0.2, 0.25) is 5.02 Å². The van der Waals surface area contributed by atoms with Crippen LogP contribution in [0.4, 0.5) is 5.69 Å². The number of nitrogens with one attached hydrogen (secondary N) is 1. The lowest BCUT2D eigenvalue weighted by atomic mass is 10.1. The number of halogens is 1. The van der Waals surface area contributed by atoms with Crippen molar-refractivity contribution in [2.24, 2.45) is 0 Å². The first-order valence-corrected chi connectivity index (χ1v) is 13.7. The fourth-order valence-electron chi connectivity index (χ4n) is 3.69. The monoisotopic (exact) mass is 541 g/mol. The molecule has 37 heavy (non-hydrogen) atoms. The van der Waals surface area contributed by atoms with Crippen LogP contribution in [-0.2, 0) is 26.2 Å². The molecule has 0 saturated heterocycles. The van der Waals surface area contributed by atoms with Gasteiger partial charge in [-0.3, -0.25) is 13.9 Å². The third-order valence-corrected chi connectivity index (χ3v) is 7.63. The minimum atomic E-state index is -4.07. The largest absolute Gasteiger partial charge is 0.350 e. The molecule has 0 heterocycles. The Morgan fingerprint density at radius 1 is 0.892 bits per heavy atom. The molecule has 0 aliphatic carbocycles. The Balaban J connectivity index is 1.99. The predicted molar refractivity (Wildman–Crippen MR) is 147 cm³/mol. The van der Waals surface area contributed by atoms with E-state index in [9.17, 15) is 18.0 Å². The van der Waals surface area contributed by atoms with Gasteiger partial charge in [0.05, 0.1) is 10.6 Å². The Kier molecular flexibility index (Phi) is 8.99. The van der Waals surface area contributed by atoms with E-state index in [0.717, 1.165) is 9.87 Å². The van der Waals surface area contributed by atoms with Crippen LogP contribution in [0, 0.1) is 0 Å². The van der Waals surface area contributed by atoms with E-state index in [2.05, 4.69) is 5.32 Å². The van der Waals surface area contributed by atoms with Crippen molar-refractivity contribution in [1.29, 1.82) is 0 Å². The van der Waals surface area contributed by atoms with Crippen LogP contribution in [0.25, 0.3) is 0 Å². The maximum atomic E-state index is 13.8. The zero-order valence-electron chi connectivity index (χ0n) is 21.4. The van der Waals surface area contributed by atoms with Crippen LogP contribution in [0.15, 0.2) is 89.8 Å². The Labute approximate surface area is 224 Å². The van der Waals surface area contributed by atoms with Crippen LogP contribution >= 0.6 is 11.6 Å². The maximum absolute atomic E-state index is 13.8. The van der Waals surface area contributed by atoms with E-state index < -0.39 is 34.1 Å². The van der Waals surface area contributed by atoms with Gasteiger partial charge in [-0.2, -0.15) is 0 Å². The van der Waals surface area contributed by atoms with Gasteiger partial charge in [-0.25, -0.2) is 8.42 Å². The number of carbonyl (C=O) groups excluding carboxylic acids is 2. The number of benzene rings is 3. The smallest absolute Gasteiger partial charge is 0.264 e. The van der Waals surface area contributed by atoms with Gasteiger partial charge in [0.15, 0.2) is 0 Å². The van der Waals surface area contributed by atoms with Crippen molar-refractivity contribution in [3.8, 4) is 0 Å². The molecule has 0 bridgehead atoms. The van der Waals surface area contributed by atoms with Crippen LogP contribution < -0.4 is 9.62 Å². The summed E-state index contributed by atoms with van der Waals surface area (Å²) in [6.45, 7) is 6.81. The normalized spacial score (nSPS) is 12.5. The summed E-state index contributed by atoms with van der Waals surface area (Å²) in [5.74, 6) is -0.859. The molecule has 0 aromatic heterocycles. The average molecular weight is 542 g/mol. The van der Waals surface area contributed by atoms with Crippen LogP contribution in [0.3, 0.4) is 0 Å². The highest BCUT2D eigenvalue weighted by Gasteiger charge is 2.33. The summed E-state index contributed by atoms with van der Waals surface area (Å²) in [7, 11) is -4.07. The fourth-order valence-corrected chi connectivity index (χ4v) is 5.25. The summed E-state index contributed by atoms with van der Waals surface area (Å²) in [6.07, 6.45) is 0.